The van der Waals surface area contributed by atoms with Crippen molar-refractivity contribution in [2.24, 2.45) is 0 Å². The number of nitrogens with zero attached hydrogens (tertiary/aromatic N) is 7. The summed E-state index contributed by atoms with van der Waals surface area (Å²) in [7, 11) is 0. The molecule has 5 heterocycles. The fraction of sp³-hybridized carbons (Fsp3) is 0.294. The first-order valence-corrected chi connectivity index (χ1v) is 18.4. The molecule has 2 aromatic carbocycles. The lowest BCUT2D eigenvalue weighted by Crippen LogP contribution is -2.51. The van der Waals surface area contributed by atoms with Gasteiger partial charge in [0.15, 0.2) is 22.2 Å². The highest BCUT2D eigenvalue weighted by atomic mass is 35.5. The summed E-state index contributed by atoms with van der Waals surface area (Å²) in [5.41, 5.74) is 0.361. The Labute approximate surface area is 312 Å². The fourth-order valence-electron chi connectivity index (χ4n) is 6.50. The third-order valence-electron chi connectivity index (χ3n) is 9.11. The van der Waals surface area contributed by atoms with Crippen LogP contribution in [0.15, 0.2) is 58.4 Å². The summed E-state index contributed by atoms with van der Waals surface area (Å²) < 4.78 is 54.7. The highest BCUT2D eigenvalue weighted by molar-refractivity contribution is 7.91. The van der Waals surface area contributed by atoms with Crippen LogP contribution in [0.5, 0.6) is 5.75 Å². The van der Waals surface area contributed by atoms with Crippen molar-refractivity contribution in [2.75, 3.05) is 42.1 Å². The van der Waals surface area contributed by atoms with E-state index in [1.54, 1.807) is 24.0 Å². The van der Waals surface area contributed by atoms with Crippen molar-refractivity contribution in [2.45, 2.75) is 37.4 Å². The molecule has 19 heteroatoms. The van der Waals surface area contributed by atoms with Crippen molar-refractivity contribution >= 4 is 63.3 Å². The maximum atomic E-state index is 14.3. The van der Waals surface area contributed by atoms with E-state index >= 15 is 0 Å². The third-order valence-corrected chi connectivity index (χ3v) is 11.2. The molecule has 0 aliphatic carbocycles. The Hall–Kier alpha value is -4.84. The minimum atomic E-state index is -4.63. The van der Waals surface area contributed by atoms with E-state index in [1.807, 2.05) is 6.07 Å². The molecule has 2 amide bonds. The smallest absolute Gasteiger partial charge is 0.416 e. The molecule has 7 rings (SSSR count). The minimum absolute atomic E-state index is 0.0184. The first-order valence-electron chi connectivity index (χ1n) is 16.3. The Morgan fingerprint density at radius 1 is 1.06 bits per heavy atom. The van der Waals surface area contributed by atoms with E-state index in [2.05, 4.69) is 20.4 Å². The molecular formula is C34H29Cl2F3N8O5S. The highest BCUT2D eigenvalue weighted by Gasteiger charge is 2.33. The highest BCUT2D eigenvalue weighted by Crippen LogP contribution is 2.34. The lowest BCUT2D eigenvalue weighted by molar-refractivity contribution is -0.137. The van der Waals surface area contributed by atoms with Crippen LogP contribution in [0.25, 0.3) is 17.2 Å². The number of aryl methyl sites for hydroxylation is 1. The number of aromatic nitrogens is 5. The number of alkyl halides is 3. The number of anilines is 2. The van der Waals surface area contributed by atoms with Gasteiger partial charge in [-0.3, -0.25) is 14.4 Å². The monoisotopic (exact) mass is 788 g/mol. The molecule has 2 aliphatic rings. The Balaban J connectivity index is 1.26. The van der Waals surface area contributed by atoms with Gasteiger partial charge in [-0.1, -0.05) is 30.1 Å². The van der Waals surface area contributed by atoms with Crippen LogP contribution in [0, 0.1) is 0 Å². The van der Waals surface area contributed by atoms with Gasteiger partial charge in [-0.05, 0) is 60.1 Å². The molecule has 5 aromatic rings. The van der Waals surface area contributed by atoms with Crippen molar-refractivity contribution in [3.05, 3.63) is 91.6 Å². The van der Waals surface area contributed by atoms with E-state index in [0.717, 1.165) is 33.2 Å². The standard InChI is InChI=1S/C34H29Cl2F3N8O5S/c1-2-24-28(44-10-12-45(13-11-44)31(50)27-29(49)21(35)7-9-40-27)32(51)47-33(42-30(43-47)19-3-6-25-18(15-19)8-14-53(25)52)46(24)17-26(48)41-23-5-4-20(16-22(23)36)34(37,38)39/h3-7,9,15-16,49H,2,8,10-14,17H2,1H3,(H,41,48). The summed E-state index contributed by atoms with van der Waals surface area (Å²) >= 11 is 11.0. The van der Waals surface area contributed by atoms with Gasteiger partial charge in [0, 0.05) is 49.9 Å². The zero-order valence-corrected chi connectivity index (χ0v) is 30.1. The van der Waals surface area contributed by atoms with Crippen molar-refractivity contribution in [1.82, 2.24) is 29.0 Å². The third kappa shape index (κ3) is 6.89. The Morgan fingerprint density at radius 3 is 2.51 bits per heavy atom. The quantitative estimate of drug-likeness (QED) is 0.221. The van der Waals surface area contributed by atoms with Crippen LogP contribution in [0.4, 0.5) is 24.5 Å². The fourth-order valence-corrected chi connectivity index (χ4v) is 8.17. The van der Waals surface area contributed by atoms with Crippen LogP contribution in [-0.2, 0) is 41.5 Å². The number of benzene rings is 2. The van der Waals surface area contributed by atoms with E-state index < -0.39 is 52.6 Å². The number of halogens is 5. The van der Waals surface area contributed by atoms with Crippen molar-refractivity contribution in [3.8, 4) is 17.1 Å². The van der Waals surface area contributed by atoms with Crippen LogP contribution in [0.3, 0.4) is 0 Å². The van der Waals surface area contributed by atoms with E-state index in [-0.39, 0.29) is 71.3 Å². The summed E-state index contributed by atoms with van der Waals surface area (Å²) in [6.45, 7) is 2.06. The topological polar surface area (TPSA) is 161 Å². The lowest BCUT2D eigenvalue weighted by atomic mass is 10.1. The molecule has 1 fully saturated rings. The normalized spacial score (nSPS) is 15.9. The van der Waals surface area contributed by atoms with Crippen LogP contribution in [0.1, 0.15) is 34.2 Å². The van der Waals surface area contributed by atoms with Gasteiger partial charge < -0.3 is 29.3 Å². The van der Waals surface area contributed by atoms with Gasteiger partial charge in [0.05, 0.1) is 27.0 Å². The van der Waals surface area contributed by atoms with Crippen LogP contribution < -0.4 is 15.8 Å². The summed E-state index contributed by atoms with van der Waals surface area (Å²) in [6, 6.07) is 9.23. The van der Waals surface area contributed by atoms with Gasteiger partial charge >= 0.3 is 6.18 Å². The predicted molar refractivity (Wildman–Crippen MR) is 191 cm³/mol. The minimum Gasteiger partial charge on any atom is -0.611 e. The summed E-state index contributed by atoms with van der Waals surface area (Å²) in [5.74, 6) is -0.903. The van der Waals surface area contributed by atoms with Gasteiger partial charge in [-0.25, -0.2) is 4.98 Å². The second-order valence-corrected chi connectivity index (χ2v) is 14.7. The molecular weight excluding hydrogens is 760 g/mol. The number of aromatic hydroxyl groups is 1. The second kappa shape index (κ2) is 14.2. The SMILES string of the molecule is CCc1c(N2CCN(C(=O)c3nccc(Cl)c3O)CC2)c(=O)n2nc(-c3ccc4c(c3)CC[S+]4[O-])nc2n1CC(=O)Nc1ccc(C(F)(F)F)cc1Cl. The van der Waals surface area contributed by atoms with Crippen LogP contribution in [-0.4, -0.2) is 82.5 Å². The summed E-state index contributed by atoms with van der Waals surface area (Å²) in [4.78, 5) is 53.8. The van der Waals surface area contributed by atoms with Gasteiger partial charge in [0.1, 0.15) is 18.0 Å². The van der Waals surface area contributed by atoms with E-state index in [4.69, 9.17) is 23.2 Å². The molecule has 2 N–H and O–H groups in total. The summed E-state index contributed by atoms with van der Waals surface area (Å²) in [6.07, 6.45) is -2.46. The molecule has 1 atom stereocenters. The number of nitrogens with one attached hydrogen (secondary N) is 1. The molecule has 1 saturated heterocycles. The van der Waals surface area contributed by atoms with E-state index in [0.29, 0.717) is 23.4 Å². The predicted octanol–water partition coefficient (Wildman–Crippen LogP) is 4.81. The molecule has 13 nitrogen and oxygen atoms in total. The zero-order chi connectivity index (χ0) is 37.8. The molecule has 0 spiro atoms. The maximum Gasteiger partial charge on any atom is 0.416 e. The van der Waals surface area contributed by atoms with Gasteiger partial charge in [-0.2, -0.15) is 22.7 Å². The van der Waals surface area contributed by atoms with E-state index in [1.165, 1.54) is 21.7 Å². The number of hydrogen-bond donors (Lipinski definition) is 2. The van der Waals surface area contributed by atoms with Gasteiger partial charge in [0.25, 0.3) is 11.5 Å². The lowest BCUT2D eigenvalue weighted by Gasteiger charge is -2.36. The largest absolute Gasteiger partial charge is 0.611 e. The number of carbonyl (C=O) groups is 2. The Kier molecular flexibility index (Phi) is 9.77. The molecule has 0 saturated carbocycles. The maximum absolute atomic E-state index is 14.3. The number of carbonyl (C=O) groups excluding carboxylic acids is 2. The van der Waals surface area contributed by atoms with Gasteiger partial charge in [0.2, 0.25) is 11.7 Å². The Bertz CT molecular complexity index is 2350. The van der Waals surface area contributed by atoms with Crippen LogP contribution >= 0.6 is 23.2 Å². The first kappa shape index (κ1) is 36.5. The number of rotatable bonds is 7. The molecule has 0 bridgehead atoms. The Morgan fingerprint density at radius 2 is 1.81 bits per heavy atom. The molecule has 2 aliphatic heterocycles. The van der Waals surface area contributed by atoms with Crippen molar-refractivity contribution < 1.29 is 32.4 Å². The second-order valence-electron chi connectivity index (χ2n) is 12.3. The summed E-state index contributed by atoms with van der Waals surface area (Å²) in [5, 5.41) is 17.1. The average Bonchev–Trinajstić information content (AvgIpc) is 3.75. The number of piperazine rings is 1. The van der Waals surface area contributed by atoms with Crippen LogP contribution in [0.2, 0.25) is 10.0 Å². The number of fused-ring (bicyclic) bond motifs is 2. The molecule has 3 aromatic heterocycles. The average molecular weight is 790 g/mol. The number of amides is 2. The van der Waals surface area contributed by atoms with Crippen molar-refractivity contribution in [1.29, 1.82) is 0 Å². The van der Waals surface area contributed by atoms with Gasteiger partial charge in [-0.15, -0.1) is 5.10 Å². The molecule has 53 heavy (non-hydrogen) atoms. The number of pyridine rings is 1. The van der Waals surface area contributed by atoms with E-state index in [9.17, 15) is 37.2 Å². The van der Waals surface area contributed by atoms with Crippen molar-refractivity contribution in [3.63, 3.8) is 0 Å². The molecule has 0 radical (unpaired) electrons. The molecule has 1 unspecified atom stereocenters. The number of hydrogen-bond acceptors (Lipinski definition) is 9. The molecule has 276 valence electrons. The first-order chi connectivity index (χ1) is 25.2. The zero-order valence-electron chi connectivity index (χ0n) is 27.8.